The molecule has 8 nitrogen and oxygen atoms in total. The van der Waals surface area contributed by atoms with Crippen molar-refractivity contribution in [3.05, 3.63) is 71.8 Å². The van der Waals surface area contributed by atoms with E-state index in [1.807, 2.05) is 48.2 Å². The molecular weight excluding hydrogens is 440 g/mol. The number of pyridine rings is 1. The summed E-state index contributed by atoms with van der Waals surface area (Å²) < 4.78 is 5.94. The number of anilines is 1. The van der Waals surface area contributed by atoms with Crippen LogP contribution in [0.15, 0.2) is 55.0 Å². The minimum Gasteiger partial charge on any atom is -0.437 e. The molecule has 1 atom stereocenters. The molecule has 0 unspecified atom stereocenters. The van der Waals surface area contributed by atoms with Crippen LogP contribution >= 0.6 is 0 Å². The number of hydrogen-bond donors (Lipinski definition) is 0. The molecule has 2 aromatic heterocycles. The summed E-state index contributed by atoms with van der Waals surface area (Å²) in [7, 11) is 2.13. The minimum atomic E-state index is 0.0487. The van der Waals surface area contributed by atoms with Gasteiger partial charge in [0.05, 0.1) is 11.9 Å². The summed E-state index contributed by atoms with van der Waals surface area (Å²) in [5.41, 5.74) is 2.68. The largest absolute Gasteiger partial charge is 0.437 e. The molecule has 182 valence electrons. The van der Waals surface area contributed by atoms with Crippen LogP contribution in [0, 0.1) is 6.92 Å². The van der Waals surface area contributed by atoms with E-state index in [2.05, 4.69) is 26.8 Å². The summed E-state index contributed by atoms with van der Waals surface area (Å²) in [4.78, 5) is 33.5. The third kappa shape index (κ3) is 5.59. The van der Waals surface area contributed by atoms with Crippen molar-refractivity contribution in [1.82, 2.24) is 24.8 Å². The average molecular weight is 473 g/mol. The number of carbonyl (C=O) groups excluding carboxylic acids is 1. The molecule has 2 aliphatic rings. The number of likely N-dealkylation sites (tertiary alicyclic amines) is 1. The zero-order valence-electron chi connectivity index (χ0n) is 20.4. The van der Waals surface area contributed by atoms with Gasteiger partial charge in [0.15, 0.2) is 0 Å². The fourth-order valence-corrected chi connectivity index (χ4v) is 4.75. The summed E-state index contributed by atoms with van der Waals surface area (Å²) in [6, 6.07) is 11.6. The van der Waals surface area contributed by atoms with Crippen molar-refractivity contribution in [1.29, 1.82) is 0 Å². The lowest BCUT2D eigenvalue weighted by Gasteiger charge is -2.34. The quantitative estimate of drug-likeness (QED) is 0.560. The van der Waals surface area contributed by atoms with Crippen molar-refractivity contribution in [3.63, 3.8) is 0 Å². The number of amides is 1. The Morgan fingerprint density at radius 1 is 1.06 bits per heavy atom. The predicted molar refractivity (Wildman–Crippen MR) is 135 cm³/mol. The van der Waals surface area contributed by atoms with Gasteiger partial charge in [0.1, 0.15) is 11.6 Å². The molecule has 1 amide bonds. The number of piperidine rings is 1. The molecular formula is C27H32N6O2. The highest BCUT2D eigenvalue weighted by Crippen LogP contribution is 2.29. The zero-order chi connectivity index (χ0) is 24.2. The van der Waals surface area contributed by atoms with Gasteiger partial charge in [0.25, 0.3) is 5.91 Å². The number of hydrogen-bond acceptors (Lipinski definition) is 7. The molecule has 0 N–H and O–H groups in total. The first-order valence-electron chi connectivity index (χ1n) is 12.3. The summed E-state index contributed by atoms with van der Waals surface area (Å²) in [6.07, 6.45) is 7.07. The maximum absolute atomic E-state index is 13.4. The fraction of sp³-hybridized carbons (Fsp3) is 0.407. The van der Waals surface area contributed by atoms with Crippen LogP contribution in [0.1, 0.15) is 40.4 Å². The maximum atomic E-state index is 13.4. The molecule has 1 aromatic carbocycles. The van der Waals surface area contributed by atoms with Crippen molar-refractivity contribution >= 4 is 11.7 Å². The molecule has 4 heterocycles. The van der Waals surface area contributed by atoms with Crippen molar-refractivity contribution < 1.29 is 9.53 Å². The van der Waals surface area contributed by atoms with E-state index in [4.69, 9.17) is 9.72 Å². The van der Waals surface area contributed by atoms with Gasteiger partial charge in [-0.05, 0) is 56.6 Å². The van der Waals surface area contributed by atoms with E-state index in [-0.39, 0.29) is 11.8 Å². The topological polar surface area (TPSA) is 74.7 Å². The number of piperazine rings is 1. The predicted octanol–water partition coefficient (Wildman–Crippen LogP) is 3.74. The van der Waals surface area contributed by atoms with E-state index in [0.29, 0.717) is 18.0 Å². The van der Waals surface area contributed by atoms with Crippen LogP contribution in [0.2, 0.25) is 0 Å². The monoisotopic (exact) mass is 472 g/mol. The molecule has 3 aromatic rings. The lowest BCUT2D eigenvalue weighted by molar-refractivity contribution is 0.0705. The van der Waals surface area contributed by atoms with Crippen molar-refractivity contribution in [2.45, 2.75) is 25.7 Å². The van der Waals surface area contributed by atoms with E-state index in [1.165, 1.54) is 0 Å². The van der Waals surface area contributed by atoms with E-state index in [1.54, 1.807) is 18.6 Å². The zero-order valence-corrected chi connectivity index (χ0v) is 20.4. The van der Waals surface area contributed by atoms with Gasteiger partial charge >= 0.3 is 0 Å². The SMILES string of the molecule is Cc1cccc(Oc2cncc([C@@H]3CCCN(C(=O)c4ccnc(N5CCN(C)CC5)c4)C3)n2)c1. The van der Waals surface area contributed by atoms with Crippen molar-refractivity contribution in [3.8, 4) is 11.6 Å². The molecule has 0 aliphatic carbocycles. The summed E-state index contributed by atoms with van der Waals surface area (Å²) >= 11 is 0. The number of benzene rings is 1. The Hall–Kier alpha value is -3.52. The Bertz CT molecular complexity index is 1180. The normalized spacial score (nSPS) is 19.0. The Morgan fingerprint density at radius 2 is 1.91 bits per heavy atom. The first-order valence-corrected chi connectivity index (χ1v) is 12.3. The fourth-order valence-electron chi connectivity index (χ4n) is 4.75. The van der Waals surface area contributed by atoms with Crippen LogP contribution in [0.3, 0.4) is 0 Å². The van der Waals surface area contributed by atoms with Crippen LogP contribution in [0.4, 0.5) is 5.82 Å². The molecule has 0 radical (unpaired) electrons. The number of likely N-dealkylation sites (N-methyl/N-ethyl adjacent to an activating group) is 1. The highest BCUT2D eigenvalue weighted by molar-refractivity contribution is 5.95. The Balaban J connectivity index is 1.27. The first-order chi connectivity index (χ1) is 17.0. The summed E-state index contributed by atoms with van der Waals surface area (Å²) in [5, 5.41) is 0. The van der Waals surface area contributed by atoms with E-state index in [9.17, 15) is 4.79 Å². The van der Waals surface area contributed by atoms with Gasteiger partial charge in [-0.25, -0.2) is 9.97 Å². The second kappa shape index (κ2) is 10.4. The third-order valence-electron chi connectivity index (χ3n) is 6.79. The third-order valence-corrected chi connectivity index (χ3v) is 6.79. The van der Waals surface area contributed by atoms with Gasteiger partial charge in [0, 0.05) is 63.1 Å². The van der Waals surface area contributed by atoms with Gasteiger partial charge in [-0.15, -0.1) is 0 Å². The number of rotatable bonds is 5. The number of aryl methyl sites for hydroxylation is 1. The van der Waals surface area contributed by atoms with Crippen LogP contribution in [-0.2, 0) is 0 Å². The average Bonchev–Trinajstić information content (AvgIpc) is 2.89. The molecule has 2 aliphatic heterocycles. The summed E-state index contributed by atoms with van der Waals surface area (Å²) in [6.45, 7) is 7.24. The standard InChI is InChI=1S/C27H32N6O2/c1-20-5-3-7-23(15-20)35-26-18-28-17-24(30-26)22-6-4-10-33(19-22)27(34)21-8-9-29-25(16-21)32-13-11-31(2)12-14-32/h3,5,7-9,15-18,22H,4,6,10-14,19H2,1-2H3/t22-/m1/s1. The van der Waals surface area contributed by atoms with Gasteiger partial charge < -0.3 is 19.4 Å². The Kier molecular flexibility index (Phi) is 6.90. The molecule has 0 bridgehead atoms. The van der Waals surface area contributed by atoms with Gasteiger partial charge in [-0.2, -0.15) is 0 Å². The number of aromatic nitrogens is 3. The van der Waals surface area contributed by atoms with Crippen LogP contribution in [-0.4, -0.2) is 77.0 Å². The van der Waals surface area contributed by atoms with Crippen LogP contribution in [0.25, 0.3) is 0 Å². The van der Waals surface area contributed by atoms with Crippen LogP contribution in [0.5, 0.6) is 11.6 Å². The number of carbonyl (C=O) groups is 1. The molecule has 2 saturated heterocycles. The van der Waals surface area contributed by atoms with Gasteiger partial charge in [-0.3, -0.25) is 9.78 Å². The Labute approximate surface area is 206 Å². The number of nitrogens with zero attached hydrogens (tertiary/aromatic N) is 6. The lowest BCUT2D eigenvalue weighted by atomic mass is 9.94. The maximum Gasteiger partial charge on any atom is 0.254 e. The first kappa shape index (κ1) is 23.2. The lowest BCUT2D eigenvalue weighted by Crippen LogP contribution is -2.45. The van der Waals surface area contributed by atoms with Gasteiger partial charge in [-0.1, -0.05) is 12.1 Å². The van der Waals surface area contributed by atoms with E-state index in [0.717, 1.165) is 68.4 Å². The minimum absolute atomic E-state index is 0.0487. The molecule has 0 spiro atoms. The van der Waals surface area contributed by atoms with Crippen molar-refractivity contribution in [2.24, 2.45) is 0 Å². The molecule has 0 saturated carbocycles. The smallest absolute Gasteiger partial charge is 0.254 e. The van der Waals surface area contributed by atoms with Gasteiger partial charge in [0.2, 0.25) is 5.88 Å². The van der Waals surface area contributed by atoms with Crippen molar-refractivity contribution in [2.75, 3.05) is 51.2 Å². The summed E-state index contributed by atoms with van der Waals surface area (Å²) in [5.74, 6) is 2.27. The second-order valence-corrected chi connectivity index (χ2v) is 9.48. The highest BCUT2D eigenvalue weighted by Gasteiger charge is 2.27. The highest BCUT2D eigenvalue weighted by atomic mass is 16.5. The molecule has 5 rings (SSSR count). The number of ether oxygens (including phenoxy) is 1. The van der Waals surface area contributed by atoms with E-state index >= 15 is 0 Å². The molecule has 35 heavy (non-hydrogen) atoms. The second-order valence-electron chi connectivity index (χ2n) is 9.48. The van der Waals surface area contributed by atoms with E-state index < -0.39 is 0 Å². The molecule has 2 fully saturated rings. The molecule has 8 heteroatoms. The Morgan fingerprint density at radius 3 is 2.74 bits per heavy atom. The van der Waals surface area contributed by atoms with Crippen LogP contribution < -0.4 is 9.64 Å².